The van der Waals surface area contributed by atoms with E-state index >= 15 is 0 Å². The molecule has 8 nitrogen and oxygen atoms in total. The fourth-order valence-electron chi connectivity index (χ4n) is 1.96. The molecule has 3 N–H and O–H groups in total. The van der Waals surface area contributed by atoms with Crippen molar-refractivity contribution in [2.45, 2.75) is 39.3 Å². The zero-order valence-corrected chi connectivity index (χ0v) is 13.8. The van der Waals surface area contributed by atoms with E-state index in [1.165, 1.54) is 17.3 Å². The van der Waals surface area contributed by atoms with Crippen LogP contribution in [0.4, 0.5) is 4.79 Å². The van der Waals surface area contributed by atoms with Crippen molar-refractivity contribution in [2.75, 3.05) is 7.05 Å². The molecule has 0 radical (unpaired) electrons. The first kappa shape index (κ1) is 16.7. The Bertz CT molecular complexity index is 728. The van der Waals surface area contributed by atoms with Crippen LogP contribution in [0.1, 0.15) is 37.9 Å². The summed E-state index contributed by atoms with van der Waals surface area (Å²) < 4.78 is 0. The Morgan fingerprint density at radius 3 is 2.70 bits per heavy atom. The average molecular weight is 318 g/mol. The Balaban J connectivity index is 1.90. The summed E-state index contributed by atoms with van der Waals surface area (Å²) in [5.41, 5.74) is 2.04. The Morgan fingerprint density at radius 1 is 1.35 bits per heavy atom. The van der Waals surface area contributed by atoms with Gasteiger partial charge in [-0.2, -0.15) is 5.10 Å². The second-order valence-electron chi connectivity index (χ2n) is 6.45. The fraction of sp³-hybridized carbons (Fsp3) is 0.467. The third-order valence-electron chi connectivity index (χ3n) is 3.31. The third-order valence-corrected chi connectivity index (χ3v) is 3.31. The van der Waals surface area contributed by atoms with Crippen LogP contribution in [0.5, 0.6) is 0 Å². The molecular formula is C15H22N6O2. The van der Waals surface area contributed by atoms with Gasteiger partial charge in [0.2, 0.25) is 0 Å². The van der Waals surface area contributed by atoms with Crippen molar-refractivity contribution in [3.63, 3.8) is 0 Å². The molecule has 2 aromatic heterocycles. The molecule has 0 aliphatic heterocycles. The van der Waals surface area contributed by atoms with Crippen LogP contribution in [0.3, 0.4) is 0 Å². The minimum atomic E-state index is -0.251. The molecule has 23 heavy (non-hydrogen) atoms. The van der Waals surface area contributed by atoms with Gasteiger partial charge in [-0.25, -0.2) is 9.78 Å². The molecule has 0 fully saturated rings. The fourth-order valence-corrected chi connectivity index (χ4v) is 1.96. The van der Waals surface area contributed by atoms with Crippen molar-refractivity contribution in [3.8, 4) is 0 Å². The molecule has 0 aliphatic carbocycles. The predicted octanol–water partition coefficient (Wildman–Crippen LogP) is 1.13. The third kappa shape index (κ3) is 4.67. The minimum absolute atomic E-state index is 0.0401. The van der Waals surface area contributed by atoms with Crippen LogP contribution in [-0.2, 0) is 18.5 Å². The second-order valence-corrected chi connectivity index (χ2v) is 6.45. The molecule has 0 unspecified atom stereocenters. The summed E-state index contributed by atoms with van der Waals surface area (Å²) in [6.07, 6.45) is 1.31. The highest BCUT2D eigenvalue weighted by atomic mass is 16.2. The van der Waals surface area contributed by atoms with E-state index in [0.717, 1.165) is 11.4 Å². The van der Waals surface area contributed by atoms with Crippen LogP contribution in [-0.4, -0.2) is 38.1 Å². The van der Waals surface area contributed by atoms with E-state index in [-0.39, 0.29) is 23.6 Å². The highest BCUT2D eigenvalue weighted by molar-refractivity contribution is 5.73. The Morgan fingerprint density at radius 2 is 2.09 bits per heavy atom. The van der Waals surface area contributed by atoms with Crippen LogP contribution >= 0.6 is 0 Å². The van der Waals surface area contributed by atoms with Gasteiger partial charge >= 0.3 is 6.03 Å². The largest absolute Gasteiger partial charge is 0.332 e. The van der Waals surface area contributed by atoms with Crippen molar-refractivity contribution >= 4 is 6.03 Å². The summed E-state index contributed by atoms with van der Waals surface area (Å²) >= 11 is 0. The zero-order valence-electron chi connectivity index (χ0n) is 13.8. The van der Waals surface area contributed by atoms with Gasteiger partial charge in [0.25, 0.3) is 5.56 Å². The highest BCUT2D eigenvalue weighted by Gasteiger charge is 2.18. The van der Waals surface area contributed by atoms with E-state index < -0.39 is 0 Å². The topological polar surface area (TPSA) is 107 Å². The molecule has 0 aromatic carbocycles. The molecule has 0 spiro atoms. The molecule has 0 saturated carbocycles. The van der Waals surface area contributed by atoms with Gasteiger partial charge in [-0.15, -0.1) is 0 Å². The number of hydrogen-bond donors (Lipinski definition) is 3. The van der Waals surface area contributed by atoms with E-state index in [9.17, 15) is 9.59 Å². The SMILES string of the molecule is CN(Cc1cc(C(C)(C)C)n[nH]1)C(=O)NCc1cc(=O)[nH]cn1. The number of aromatic amines is 2. The highest BCUT2D eigenvalue weighted by Crippen LogP contribution is 2.20. The molecule has 0 aliphatic rings. The lowest BCUT2D eigenvalue weighted by atomic mass is 9.92. The van der Waals surface area contributed by atoms with E-state index in [4.69, 9.17) is 0 Å². The van der Waals surface area contributed by atoms with Gasteiger partial charge in [0.15, 0.2) is 0 Å². The van der Waals surface area contributed by atoms with Gasteiger partial charge in [-0.3, -0.25) is 9.89 Å². The van der Waals surface area contributed by atoms with Crippen molar-refractivity contribution in [1.82, 2.24) is 30.4 Å². The number of hydrogen-bond acceptors (Lipinski definition) is 4. The zero-order chi connectivity index (χ0) is 17.0. The maximum atomic E-state index is 12.1. The summed E-state index contributed by atoms with van der Waals surface area (Å²) in [4.78, 5) is 31.2. The smallest absolute Gasteiger partial charge is 0.317 e. The first-order valence-electron chi connectivity index (χ1n) is 7.33. The monoisotopic (exact) mass is 318 g/mol. The normalized spacial score (nSPS) is 11.3. The van der Waals surface area contributed by atoms with Crippen LogP contribution in [0.15, 0.2) is 23.3 Å². The van der Waals surface area contributed by atoms with E-state index in [1.54, 1.807) is 7.05 Å². The van der Waals surface area contributed by atoms with Gasteiger partial charge in [0, 0.05) is 18.5 Å². The van der Waals surface area contributed by atoms with Gasteiger partial charge in [0.05, 0.1) is 36.5 Å². The maximum absolute atomic E-state index is 12.1. The summed E-state index contributed by atoms with van der Waals surface area (Å²) in [7, 11) is 1.69. The summed E-state index contributed by atoms with van der Waals surface area (Å²) in [6.45, 7) is 6.86. The summed E-state index contributed by atoms with van der Waals surface area (Å²) in [6, 6.07) is 3.06. The van der Waals surface area contributed by atoms with E-state index in [0.29, 0.717) is 12.2 Å². The van der Waals surface area contributed by atoms with Crippen molar-refractivity contribution in [2.24, 2.45) is 0 Å². The molecule has 2 aromatic rings. The number of urea groups is 1. The molecule has 2 heterocycles. The number of carbonyl (C=O) groups is 1. The number of H-pyrrole nitrogens is 2. The Kier molecular flexibility index (Phi) is 4.83. The number of nitrogens with one attached hydrogen (secondary N) is 3. The molecule has 2 amide bonds. The molecule has 2 rings (SSSR count). The lowest BCUT2D eigenvalue weighted by molar-refractivity contribution is 0.205. The van der Waals surface area contributed by atoms with Crippen LogP contribution < -0.4 is 10.9 Å². The number of rotatable bonds is 4. The molecule has 0 bridgehead atoms. The summed E-state index contributed by atoms with van der Waals surface area (Å²) in [5, 5.41) is 9.94. The molecule has 124 valence electrons. The first-order valence-corrected chi connectivity index (χ1v) is 7.33. The Labute approximate surface area is 134 Å². The van der Waals surface area contributed by atoms with Crippen molar-refractivity contribution in [1.29, 1.82) is 0 Å². The average Bonchev–Trinajstić information content (AvgIpc) is 2.93. The number of aromatic nitrogens is 4. The van der Waals surface area contributed by atoms with Gasteiger partial charge in [-0.1, -0.05) is 20.8 Å². The number of nitrogens with zero attached hydrogens (tertiary/aromatic N) is 3. The van der Waals surface area contributed by atoms with Gasteiger partial charge in [0.1, 0.15) is 0 Å². The molecular weight excluding hydrogens is 296 g/mol. The Hall–Kier alpha value is -2.64. The lowest BCUT2D eigenvalue weighted by Crippen LogP contribution is -2.36. The van der Waals surface area contributed by atoms with Gasteiger partial charge in [-0.05, 0) is 6.07 Å². The van der Waals surface area contributed by atoms with E-state index in [1.807, 2.05) is 6.07 Å². The number of carbonyl (C=O) groups excluding carboxylic acids is 1. The second kappa shape index (κ2) is 6.64. The van der Waals surface area contributed by atoms with Crippen LogP contribution in [0, 0.1) is 0 Å². The standard InChI is InChI=1S/C15H22N6O2/c1-15(2,3)12-5-11(19-20-12)8-21(4)14(23)16-7-10-6-13(22)18-9-17-10/h5-6,9H,7-8H2,1-4H3,(H,16,23)(H,19,20)(H,17,18,22). The van der Waals surface area contributed by atoms with Crippen molar-refractivity contribution in [3.05, 3.63) is 45.9 Å². The minimum Gasteiger partial charge on any atom is -0.332 e. The van der Waals surface area contributed by atoms with Crippen molar-refractivity contribution < 1.29 is 4.79 Å². The molecule has 0 saturated heterocycles. The predicted molar refractivity (Wildman–Crippen MR) is 85.8 cm³/mol. The molecule has 8 heteroatoms. The first-order chi connectivity index (χ1) is 10.8. The van der Waals surface area contributed by atoms with Crippen LogP contribution in [0.2, 0.25) is 0 Å². The quantitative estimate of drug-likeness (QED) is 0.785. The maximum Gasteiger partial charge on any atom is 0.317 e. The van der Waals surface area contributed by atoms with Gasteiger partial charge < -0.3 is 15.2 Å². The molecule has 0 atom stereocenters. The van der Waals surface area contributed by atoms with E-state index in [2.05, 4.69) is 46.3 Å². The summed E-state index contributed by atoms with van der Waals surface area (Å²) in [5.74, 6) is 0. The number of amides is 2. The lowest BCUT2D eigenvalue weighted by Gasteiger charge is -2.17. The van der Waals surface area contributed by atoms with Crippen LogP contribution in [0.25, 0.3) is 0 Å².